The van der Waals surface area contributed by atoms with Crippen molar-refractivity contribution in [2.75, 3.05) is 11.4 Å². The van der Waals surface area contributed by atoms with Gasteiger partial charge in [0.2, 0.25) is 5.91 Å². The number of fused-ring (bicyclic) bond motifs is 1. The van der Waals surface area contributed by atoms with Crippen LogP contribution in [0.3, 0.4) is 0 Å². The van der Waals surface area contributed by atoms with Crippen molar-refractivity contribution in [1.82, 2.24) is 10.2 Å². The zero-order chi connectivity index (χ0) is 13.6. The summed E-state index contributed by atoms with van der Waals surface area (Å²) in [5.74, 6) is -1.31. The van der Waals surface area contributed by atoms with Gasteiger partial charge in [0, 0.05) is 22.8 Å². The molecule has 0 radical (unpaired) electrons. The molecule has 2 heterocycles. The van der Waals surface area contributed by atoms with Gasteiger partial charge in [-0.3, -0.25) is 19.6 Å². The molecule has 0 bridgehead atoms. The van der Waals surface area contributed by atoms with E-state index in [9.17, 15) is 9.59 Å². The van der Waals surface area contributed by atoms with Crippen molar-refractivity contribution in [3.63, 3.8) is 0 Å². The Balaban J connectivity index is 2.01. The van der Waals surface area contributed by atoms with Crippen molar-refractivity contribution in [2.24, 2.45) is 5.92 Å². The molecule has 1 aromatic carbocycles. The topological polar surface area (TPSA) is 86.3 Å². The number of carboxylic acids is 1. The summed E-state index contributed by atoms with van der Waals surface area (Å²) in [4.78, 5) is 24.3. The zero-order valence-electron chi connectivity index (χ0n) is 9.76. The van der Waals surface area contributed by atoms with Crippen LogP contribution in [0.1, 0.15) is 6.42 Å². The van der Waals surface area contributed by atoms with Gasteiger partial charge < -0.3 is 5.11 Å². The highest BCUT2D eigenvalue weighted by Gasteiger charge is 2.36. The first-order chi connectivity index (χ1) is 9.06. The standard InChI is InChI=1S/C12H10BrN3O3/c13-7-1-2-8-9(4-7)14-15-11(8)16-5-6(12(18)19)3-10(16)17/h1-2,4,6H,3,5H2,(H,14,15)(H,18,19)/t6-/m1/s1. The third-order valence-corrected chi connectivity index (χ3v) is 3.73. The number of nitrogens with one attached hydrogen (secondary N) is 1. The fraction of sp³-hybridized carbons (Fsp3) is 0.250. The smallest absolute Gasteiger partial charge is 0.308 e. The molecule has 2 N–H and O–H groups in total. The molecule has 6 nitrogen and oxygen atoms in total. The molecule has 2 aromatic rings. The molecule has 0 saturated carbocycles. The van der Waals surface area contributed by atoms with E-state index < -0.39 is 11.9 Å². The Morgan fingerprint density at radius 3 is 3.00 bits per heavy atom. The largest absolute Gasteiger partial charge is 0.481 e. The predicted molar refractivity (Wildman–Crippen MR) is 71.9 cm³/mol. The third kappa shape index (κ3) is 1.99. The van der Waals surface area contributed by atoms with Gasteiger partial charge in [-0.25, -0.2) is 0 Å². The van der Waals surface area contributed by atoms with Gasteiger partial charge in [0.05, 0.1) is 11.4 Å². The van der Waals surface area contributed by atoms with Crippen LogP contribution in [0.25, 0.3) is 10.9 Å². The highest BCUT2D eigenvalue weighted by atomic mass is 79.9. The molecule has 1 atom stereocenters. The normalized spacial score (nSPS) is 19.3. The summed E-state index contributed by atoms with van der Waals surface area (Å²) < 4.78 is 0.909. The van der Waals surface area contributed by atoms with E-state index in [1.807, 2.05) is 18.2 Å². The quantitative estimate of drug-likeness (QED) is 0.881. The highest BCUT2D eigenvalue weighted by molar-refractivity contribution is 9.10. The Morgan fingerprint density at radius 1 is 1.53 bits per heavy atom. The number of rotatable bonds is 2. The number of H-pyrrole nitrogens is 1. The lowest BCUT2D eigenvalue weighted by Gasteiger charge is -2.12. The number of benzene rings is 1. The molecule has 19 heavy (non-hydrogen) atoms. The predicted octanol–water partition coefficient (Wildman–Crippen LogP) is 1.76. The summed E-state index contributed by atoms with van der Waals surface area (Å²) in [6, 6.07) is 5.57. The molecular formula is C12H10BrN3O3. The molecule has 98 valence electrons. The van der Waals surface area contributed by atoms with Crippen LogP contribution in [0, 0.1) is 5.92 Å². The number of halogens is 1. The fourth-order valence-electron chi connectivity index (χ4n) is 2.26. The van der Waals surface area contributed by atoms with Gasteiger partial charge in [0.25, 0.3) is 0 Å². The number of hydrogen-bond donors (Lipinski definition) is 2. The van der Waals surface area contributed by atoms with Gasteiger partial charge in [-0.1, -0.05) is 15.9 Å². The second-order valence-corrected chi connectivity index (χ2v) is 5.40. The molecule has 0 aliphatic carbocycles. The highest BCUT2D eigenvalue weighted by Crippen LogP contribution is 2.30. The van der Waals surface area contributed by atoms with Crippen molar-refractivity contribution >= 4 is 44.5 Å². The van der Waals surface area contributed by atoms with Crippen LogP contribution >= 0.6 is 15.9 Å². The third-order valence-electron chi connectivity index (χ3n) is 3.23. The van der Waals surface area contributed by atoms with E-state index in [1.54, 1.807) is 0 Å². The number of carbonyl (C=O) groups is 2. The molecule has 1 fully saturated rings. The average molecular weight is 324 g/mol. The number of aliphatic carboxylic acids is 1. The van der Waals surface area contributed by atoms with E-state index in [0.717, 1.165) is 15.4 Å². The molecule has 3 rings (SSSR count). The minimum absolute atomic E-state index is 0.0280. The summed E-state index contributed by atoms with van der Waals surface area (Å²) >= 11 is 3.36. The van der Waals surface area contributed by atoms with Gasteiger partial charge in [-0.2, -0.15) is 5.10 Å². The van der Waals surface area contributed by atoms with E-state index >= 15 is 0 Å². The van der Waals surface area contributed by atoms with Gasteiger partial charge in [0.15, 0.2) is 5.82 Å². The van der Waals surface area contributed by atoms with Gasteiger partial charge in [-0.05, 0) is 18.2 Å². The molecule has 0 unspecified atom stereocenters. The average Bonchev–Trinajstić information content (AvgIpc) is 2.92. The number of aromatic amines is 1. The van der Waals surface area contributed by atoms with Crippen LogP contribution in [0.15, 0.2) is 22.7 Å². The van der Waals surface area contributed by atoms with Crippen molar-refractivity contribution in [1.29, 1.82) is 0 Å². The summed E-state index contributed by atoms with van der Waals surface area (Å²) in [5.41, 5.74) is 0.802. The first-order valence-electron chi connectivity index (χ1n) is 5.73. The second kappa shape index (κ2) is 4.34. The van der Waals surface area contributed by atoms with Crippen LogP contribution in [0.5, 0.6) is 0 Å². The second-order valence-electron chi connectivity index (χ2n) is 4.48. The number of aromatic nitrogens is 2. The Hall–Kier alpha value is -1.89. The summed E-state index contributed by atoms with van der Waals surface area (Å²) in [6.07, 6.45) is 0.0280. The van der Waals surface area contributed by atoms with Gasteiger partial charge >= 0.3 is 5.97 Å². The molecule has 1 aliphatic rings. The maximum atomic E-state index is 11.9. The molecule has 1 amide bonds. The van der Waals surface area contributed by atoms with Gasteiger partial charge in [-0.15, -0.1) is 0 Å². The Morgan fingerprint density at radius 2 is 2.32 bits per heavy atom. The van der Waals surface area contributed by atoms with Crippen molar-refractivity contribution < 1.29 is 14.7 Å². The molecular weight excluding hydrogens is 314 g/mol. The summed E-state index contributed by atoms with van der Waals surface area (Å²) in [5, 5.41) is 16.8. The molecule has 0 spiro atoms. The maximum absolute atomic E-state index is 11.9. The molecule has 1 aliphatic heterocycles. The SMILES string of the molecule is O=C(O)[C@@H]1CC(=O)N(c2n[nH]c3cc(Br)ccc23)C1. The number of carboxylic acid groups (broad SMARTS) is 1. The van der Waals surface area contributed by atoms with Crippen LogP contribution in [0.4, 0.5) is 5.82 Å². The number of hydrogen-bond acceptors (Lipinski definition) is 3. The lowest BCUT2D eigenvalue weighted by Crippen LogP contribution is -2.26. The summed E-state index contributed by atoms with van der Waals surface area (Å²) in [6.45, 7) is 0.171. The number of amides is 1. The number of anilines is 1. The molecule has 1 saturated heterocycles. The van der Waals surface area contributed by atoms with E-state index in [1.165, 1.54) is 4.90 Å². The van der Waals surface area contributed by atoms with Crippen molar-refractivity contribution in [3.05, 3.63) is 22.7 Å². The van der Waals surface area contributed by atoms with Crippen LogP contribution in [-0.2, 0) is 9.59 Å². The number of carbonyl (C=O) groups excluding carboxylic acids is 1. The van der Waals surface area contributed by atoms with E-state index in [-0.39, 0.29) is 18.9 Å². The Bertz CT molecular complexity index is 682. The maximum Gasteiger partial charge on any atom is 0.308 e. The Kier molecular flexibility index (Phi) is 2.78. The Labute approximate surface area is 116 Å². The summed E-state index contributed by atoms with van der Waals surface area (Å²) in [7, 11) is 0. The number of nitrogens with zero attached hydrogens (tertiary/aromatic N) is 2. The van der Waals surface area contributed by atoms with Crippen molar-refractivity contribution in [2.45, 2.75) is 6.42 Å². The lowest BCUT2D eigenvalue weighted by atomic mass is 10.1. The first-order valence-corrected chi connectivity index (χ1v) is 6.52. The zero-order valence-corrected chi connectivity index (χ0v) is 11.3. The van der Waals surface area contributed by atoms with E-state index in [0.29, 0.717) is 5.82 Å². The lowest BCUT2D eigenvalue weighted by molar-refractivity contribution is -0.141. The van der Waals surface area contributed by atoms with Crippen LogP contribution in [0.2, 0.25) is 0 Å². The van der Waals surface area contributed by atoms with Crippen LogP contribution in [-0.4, -0.2) is 33.7 Å². The minimum atomic E-state index is -0.946. The van der Waals surface area contributed by atoms with Gasteiger partial charge in [0.1, 0.15) is 0 Å². The van der Waals surface area contributed by atoms with Crippen molar-refractivity contribution in [3.8, 4) is 0 Å². The monoisotopic (exact) mass is 323 g/mol. The van der Waals surface area contributed by atoms with E-state index in [4.69, 9.17) is 5.11 Å². The fourth-order valence-corrected chi connectivity index (χ4v) is 2.62. The van der Waals surface area contributed by atoms with E-state index in [2.05, 4.69) is 26.1 Å². The minimum Gasteiger partial charge on any atom is -0.481 e. The van der Waals surface area contributed by atoms with Crippen LogP contribution < -0.4 is 4.90 Å². The first kappa shape index (κ1) is 12.2. The molecule has 7 heteroatoms. The molecule has 1 aromatic heterocycles.